The fraction of sp³-hybridized carbons (Fsp3) is 0.0455. The van der Waals surface area contributed by atoms with E-state index >= 15 is 0 Å². The van der Waals surface area contributed by atoms with Crippen molar-refractivity contribution in [1.82, 2.24) is 0 Å². The highest BCUT2D eigenvalue weighted by Crippen LogP contribution is 2.22. The van der Waals surface area contributed by atoms with Crippen LogP contribution in [0.3, 0.4) is 0 Å². The summed E-state index contributed by atoms with van der Waals surface area (Å²) in [5.41, 5.74) is 2.54. The second-order valence-electron chi connectivity index (χ2n) is 6.48. The predicted octanol–water partition coefficient (Wildman–Crippen LogP) is 5.75. The topological polar surface area (TPSA) is 75.3 Å². The second kappa shape index (κ2) is 9.34. The third kappa shape index (κ3) is 5.86. The smallest absolute Gasteiger partial charge is 0.261 e. The van der Waals surface area contributed by atoms with Gasteiger partial charge >= 0.3 is 0 Å². The van der Waals surface area contributed by atoms with E-state index in [2.05, 4.69) is 10.0 Å². The summed E-state index contributed by atoms with van der Waals surface area (Å²) in [4.78, 5) is 12.3. The number of amides is 1. The lowest BCUT2D eigenvalue weighted by molar-refractivity contribution is -0.111. The maximum absolute atomic E-state index is 12.4. The average molecular weight is 461 g/mol. The fourth-order valence-electron chi connectivity index (χ4n) is 2.54. The molecule has 0 saturated carbocycles. The number of aryl methyl sites for hydroxylation is 1. The van der Waals surface area contributed by atoms with E-state index in [1.54, 1.807) is 72.8 Å². The molecule has 3 rings (SSSR count). The van der Waals surface area contributed by atoms with Crippen LogP contribution in [-0.4, -0.2) is 14.3 Å². The summed E-state index contributed by atoms with van der Waals surface area (Å²) in [6.07, 6.45) is 2.93. The number of rotatable bonds is 6. The molecule has 30 heavy (non-hydrogen) atoms. The van der Waals surface area contributed by atoms with Crippen molar-refractivity contribution in [3.8, 4) is 0 Å². The van der Waals surface area contributed by atoms with Gasteiger partial charge in [0.1, 0.15) is 0 Å². The van der Waals surface area contributed by atoms with E-state index in [-0.39, 0.29) is 10.8 Å². The van der Waals surface area contributed by atoms with Crippen LogP contribution in [-0.2, 0) is 14.8 Å². The first-order valence-electron chi connectivity index (χ1n) is 8.87. The number of carbonyl (C=O) groups excluding carboxylic acids is 1. The molecule has 1 amide bonds. The summed E-state index contributed by atoms with van der Waals surface area (Å²) in [5, 5.41) is 3.65. The third-order valence-corrected chi connectivity index (χ3v) is 6.07. The van der Waals surface area contributed by atoms with Gasteiger partial charge in [-0.1, -0.05) is 47.0 Å². The van der Waals surface area contributed by atoms with E-state index in [0.717, 1.165) is 5.56 Å². The minimum atomic E-state index is -3.68. The van der Waals surface area contributed by atoms with Gasteiger partial charge in [0.05, 0.1) is 4.90 Å². The number of anilines is 2. The van der Waals surface area contributed by atoms with Crippen LogP contribution >= 0.6 is 23.2 Å². The first-order chi connectivity index (χ1) is 14.2. The van der Waals surface area contributed by atoms with Gasteiger partial charge in [0, 0.05) is 27.5 Å². The van der Waals surface area contributed by atoms with Crippen molar-refractivity contribution in [3.05, 3.63) is 94.0 Å². The van der Waals surface area contributed by atoms with Crippen molar-refractivity contribution in [2.75, 3.05) is 10.0 Å². The Labute approximate surface area is 185 Å². The fourth-order valence-corrected chi connectivity index (χ4v) is 4.07. The largest absolute Gasteiger partial charge is 0.323 e. The zero-order valence-electron chi connectivity index (χ0n) is 15.9. The predicted molar refractivity (Wildman–Crippen MR) is 123 cm³/mol. The molecule has 0 aliphatic heterocycles. The molecule has 0 aromatic heterocycles. The van der Waals surface area contributed by atoms with Crippen LogP contribution in [0, 0.1) is 6.92 Å². The molecule has 0 unspecified atom stereocenters. The molecule has 0 heterocycles. The van der Waals surface area contributed by atoms with Gasteiger partial charge in [-0.3, -0.25) is 9.52 Å². The molecule has 8 heteroatoms. The zero-order chi connectivity index (χ0) is 21.7. The van der Waals surface area contributed by atoms with Gasteiger partial charge < -0.3 is 5.32 Å². The summed E-state index contributed by atoms with van der Waals surface area (Å²) < 4.78 is 27.4. The number of carbonyl (C=O) groups is 1. The summed E-state index contributed by atoms with van der Waals surface area (Å²) in [7, 11) is -3.68. The van der Waals surface area contributed by atoms with E-state index in [1.165, 1.54) is 6.08 Å². The molecule has 0 aliphatic rings. The molecular weight excluding hydrogens is 443 g/mol. The Morgan fingerprint density at radius 3 is 2.17 bits per heavy atom. The molecule has 3 aromatic carbocycles. The number of sulfonamides is 1. The van der Waals surface area contributed by atoms with Crippen molar-refractivity contribution >= 4 is 56.6 Å². The van der Waals surface area contributed by atoms with Gasteiger partial charge in [-0.15, -0.1) is 0 Å². The lowest BCUT2D eigenvalue weighted by atomic mass is 10.2. The molecule has 0 saturated heterocycles. The lowest BCUT2D eigenvalue weighted by Crippen LogP contribution is -2.13. The van der Waals surface area contributed by atoms with E-state index in [1.807, 2.05) is 6.92 Å². The number of hydrogen-bond donors (Lipinski definition) is 2. The number of hydrogen-bond acceptors (Lipinski definition) is 3. The quantitative estimate of drug-likeness (QED) is 0.459. The van der Waals surface area contributed by atoms with Crippen molar-refractivity contribution in [2.24, 2.45) is 0 Å². The Hall–Kier alpha value is -2.80. The Balaban J connectivity index is 1.63. The molecule has 154 valence electrons. The molecular formula is C22H18Cl2N2O3S. The van der Waals surface area contributed by atoms with Crippen LogP contribution in [0.1, 0.15) is 11.1 Å². The maximum Gasteiger partial charge on any atom is 0.261 e. The normalized spacial score (nSPS) is 11.4. The van der Waals surface area contributed by atoms with Crippen molar-refractivity contribution < 1.29 is 13.2 Å². The van der Waals surface area contributed by atoms with Crippen LogP contribution in [0.5, 0.6) is 0 Å². The Morgan fingerprint density at radius 1 is 0.900 bits per heavy atom. The Morgan fingerprint density at radius 2 is 1.53 bits per heavy atom. The van der Waals surface area contributed by atoms with E-state index in [0.29, 0.717) is 27.0 Å². The van der Waals surface area contributed by atoms with E-state index in [4.69, 9.17) is 23.2 Å². The van der Waals surface area contributed by atoms with Crippen LogP contribution in [0.2, 0.25) is 10.0 Å². The Bertz CT molecular complexity index is 1190. The SMILES string of the molecule is Cc1ccc(S(=O)(=O)Nc2ccc(NC(=O)/C=C/c3ccc(Cl)cc3Cl)cc2)cc1. The average Bonchev–Trinajstić information content (AvgIpc) is 2.69. The minimum absolute atomic E-state index is 0.177. The van der Waals surface area contributed by atoms with E-state index < -0.39 is 10.0 Å². The van der Waals surface area contributed by atoms with Gasteiger partial charge in [-0.25, -0.2) is 8.42 Å². The molecule has 2 N–H and O–H groups in total. The highest BCUT2D eigenvalue weighted by Gasteiger charge is 2.13. The van der Waals surface area contributed by atoms with Gasteiger partial charge in [-0.2, -0.15) is 0 Å². The maximum atomic E-state index is 12.4. The molecule has 0 aliphatic carbocycles. The van der Waals surface area contributed by atoms with Gasteiger partial charge in [0.25, 0.3) is 10.0 Å². The van der Waals surface area contributed by atoms with E-state index in [9.17, 15) is 13.2 Å². The van der Waals surface area contributed by atoms with Crippen molar-refractivity contribution in [3.63, 3.8) is 0 Å². The lowest BCUT2D eigenvalue weighted by Gasteiger charge is -2.09. The first-order valence-corrected chi connectivity index (χ1v) is 11.1. The van der Waals surface area contributed by atoms with Crippen LogP contribution in [0.15, 0.2) is 77.7 Å². The van der Waals surface area contributed by atoms with Crippen molar-refractivity contribution in [2.45, 2.75) is 11.8 Å². The summed E-state index contributed by atoms with van der Waals surface area (Å²) in [6, 6.07) is 17.9. The highest BCUT2D eigenvalue weighted by molar-refractivity contribution is 7.92. The first kappa shape index (κ1) is 21.9. The summed E-state index contributed by atoms with van der Waals surface area (Å²) in [6.45, 7) is 1.89. The van der Waals surface area contributed by atoms with Crippen LogP contribution in [0.25, 0.3) is 6.08 Å². The number of benzene rings is 3. The Kier molecular flexibility index (Phi) is 6.82. The second-order valence-corrected chi connectivity index (χ2v) is 9.01. The summed E-state index contributed by atoms with van der Waals surface area (Å²) >= 11 is 11.9. The zero-order valence-corrected chi connectivity index (χ0v) is 18.2. The molecule has 0 spiro atoms. The minimum Gasteiger partial charge on any atom is -0.323 e. The highest BCUT2D eigenvalue weighted by atomic mass is 35.5. The van der Waals surface area contributed by atoms with Crippen LogP contribution in [0.4, 0.5) is 11.4 Å². The number of halogens is 2. The van der Waals surface area contributed by atoms with Gasteiger partial charge in [0.2, 0.25) is 5.91 Å². The molecule has 0 bridgehead atoms. The van der Waals surface area contributed by atoms with Crippen molar-refractivity contribution in [1.29, 1.82) is 0 Å². The standard InChI is InChI=1S/C22H18Cl2N2O3S/c1-15-2-11-20(12-3-15)30(28,29)26-19-9-7-18(8-10-19)25-22(27)13-5-16-4-6-17(23)14-21(16)24/h2-14,26H,1H3,(H,25,27)/b13-5+. The van der Waals surface area contributed by atoms with Gasteiger partial charge in [-0.05, 0) is 67.1 Å². The molecule has 5 nitrogen and oxygen atoms in total. The monoisotopic (exact) mass is 460 g/mol. The molecule has 3 aromatic rings. The summed E-state index contributed by atoms with van der Waals surface area (Å²) in [5.74, 6) is -0.353. The number of nitrogens with one attached hydrogen (secondary N) is 2. The third-order valence-electron chi connectivity index (χ3n) is 4.11. The van der Waals surface area contributed by atoms with Crippen LogP contribution < -0.4 is 10.0 Å². The molecule has 0 atom stereocenters. The molecule has 0 fully saturated rings. The van der Waals surface area contributed by atoms with Gasteiger partial charge in [0.15, 0.2) is 0 Å². The molecule has 0 radical (unpaired) electrons.